The molecule has 6 heteroatoms. The number of carbonyl (C=O) groups excluding carboxylic acids is 1. The molecule has 1 saturated heterocycles. The minimum absolute atomic E-state index is 0.0508. The van der Waals surface area contributed by atoms with Crippen LogP contribution in [0.1, 0.15) is 36.9 Å². The Morgan fingerprint density at radius 2 is 2.17 bits per heavy atom. The van der Waals surface area contributed by atoms with E-state index in [4.69, 9.17) is 4.74 Å². The third-order valence-corrected chi connectivity index (χ3v) is 4.17. The topological polar surface area (TPSA) is 68.2 Å². The number of carbonyl (C=O) groups is 1. The van der Waals surface area contributed by atoms with E-state index in [0.717, 1.165) is 17.8 Å². The first kappa shape index (κ1) is 15.6. The Labute approximate surface area is 135 Å². The van der Waals surface area contributed by atoms with Crippen LogP contribution in [0.4, 0.5) is 4.79 Å². The molecule has 23 heavy (non-hydrogen) atoms. The molecule has 2 heterocycles. The van der Waals surface area contributed by atoms with Crippen molar-refractivity contribution >= 4 is 6.03 Å². The number of ether oxygens (including phenoxy) is 1. The van der Waals surface area contributed by atoms with Crippen molar-refractivity contribution in [1.29, 1.82) is 0 Å². The molecule has 1 aliphatic rings. The minimum Gasteiger partial charge on any atom is -0.368 e. The van der Waals surface area contributed by atoms with Gasteiger partial charge < -0.3 is 19.9 Å². The molecule has 2 amide bonds. The van der Waals surface area contributed by atoms with E-state index >= 15 is 0 Å². The summed E-state index contributed by atoms with van der Waals surface area (Å²) in [5.74, 6) is 0.837. The number of aromatic nitrogens is 2. The monoisotopic (exact) mass is 314 g/mol. The first-order chi connectivity index (χ1) is 11.1. The predicted molar refractivity (Wildman–Crippen MR) is 86.8 cm³/mol. The van der Waals surface area contributed by atoms with E-state index in [1.807, 2.05) is 55.1 Å². The molecule has 0 saturated carbocycles. The molecule has 122 valence electrons. The second kappa shape index (κ2) is 6.83. The van der Waals surface area contributed by atoms with Crippen molar-refractivity contribution in [3.8, 4) is 0 Å². The molecule has 2 aromatic rings. The van der Waals surface area contributed by atoms with Crippen molar-refractivity contribution < 1.29 is 9.53 Å². The number of hydrogen-bond acceptors (Lipinski definition) is 3. The number of rotatable bonds is 4. The molecule has 2 N–H and O–H groups in total. The van der Waals surface area contributed by atoms with Gasteiger partial charge in [0.15, 0.2) is 0 Å². The van der Waals surface area contributed by atoms with Gasteiger partial charge in [-0.05, 0) is 18.9 Å². The van der Waals surface area contributed by atoms with E-state index < -0.39 is 0 Å². The quantitative estimate of drug-likeness (QED) is 0.910. The average molecular weight is 314 g/mol. The Morgan fingerprint density at radius 3 is 2.87 bits per heavy atom. The molecule has 0 unspecified atom stereocenters. The maximum absolute atomic E-state index is 12.3. The number of hydrogen-bond donors (Lipinski definition) is 2. The molecule has 1 fully saturated rings. The fraction of sp³-hybridized carbons (Fsp3) is 0.412. The van der Waals surface area contributed by atoms with E-state index in [2.05, 4.69) is 15.6 Å². The molecular formula is C17H22N4O2. The highest BCUT2D eigenvalue weighted by Crippen LogP contribution is 2.27. The van der Waals surface area contributed by atoms with E-state index in [-0.39, 0.29) is 24.2 Å². The molecule has 0 spiro atoms. The van der Waals surface area contributed by atoms with E-state index in [1.165, 1.54) is 0 Å². The van der Waals surface area contributed by atoms with Crippen LogP contribution in [0.3, 0.4) is 0 Å². The van der Waals surface area contributed by atoms with Crippen molar-refractivity contribution in [3.05, 3.63) is 54.1 Å². The number of amides is 2. The average Bonchev–Trinajstić information content (AvgIpc) is 3.16. The lowest BCUT2D eigenvalue weighted by Gasteiger charge is -2.21. The number of benzene rings is 1. The lowest BCUT2D eigenvalue weighted by Crippen LogP contribution is -2.44. The summed E-state index contributed by atoms with van der Waals surface area (Å²) in [5, 5.41) is 5.99. The van der Waals surface area contributed by atoms with Gasteiger partial charge in [0.05, 0.1) is 12.1 Å². The zero-order chi connectivity index (χ0) is 16.2. The Bertz CT molecular complexity index is 656. The van der Waals surface area contributed by atoms with E-state index in [0.29, 0.717) is 6.61 Å². The standard InChI is InChI=1S/C17H22N4O2/c1-12(13-6-4-3-5-7-13)19-17(22)20-14-8-11-23-15(14)16-18-9-10-21(16)2/h3-7,9-10,12,14-15H,8,11H2,1-2H3,(H2,19,20,22)/t12-,14-,15-/m0/s1. The van der Waals surface area contributed by atoms with Crippen LogP contribution in [0.25, 0.3) is 0 Å². The summed E-state index contributed by atoms with van der Waals surface area (Å²) >= 11 is 0. The highest BCUT2D eigenvalue weighted by atomic mass is 16.5. The van der Waals surface area contributed by atoms with Crippen LogP contribution in [0, 0.1) is 0 Å². The first-order valence-electron chi connectivity index (χ1n) is 7.86. The highest BCUT2D eigenvalue weighted by molar-refractivity contribution is 5.74. The zero-order valence-corrected chi connectivity index (χ0v) is 13.4. The summed E-state index contributed by atoms with van der Waals surface area (Å²) in [7, 11) is 1.93. The number of nitrogens with zero attached hydrogens (tertiary/aromatic N) is 2. The van der Waals surface area contributed by atoms with E-state index in [9.17, 15) is 4.79 Å². The first-order valence-corrected chi connectivity index (χ1v) is 7.86. The maximum atomic E-state index is 12.3. The van der Waals surface area contributed by atoms with Gasteiger partial charge in [-0.2, -0.15) is 0 Å². The van der Waals surface area contributed by atoms with Crippen molar-refractivity contribution in [3.63, 3.8) is 0 Å². The summed E-state index contributed by atoms with van der Waals surface area (Å²) in [6.45, 7) is 2.59. The summed E-state index contributed by atoms with van der Waals surface area (Å²) in [6.07, 6.45) is 4.20. The molecule has 1 aliphatic heterocycles. The van der Waals surface area contributed by atoms with Gasteiger partial charge in [0.1, 0.15) is 11.9 Å². The zero-order valence-electron chi connectivity index (χ0n) is 13.4. The molecular weight excluding hydrogens is 292 g/mol. The second-order valence-electron chi connectivity index (χ2n) is 5.83. The molecule has 0 aliphatic carbocycles. The van der Waals surface area contributed by atoms with Crippen molar-refractivity contribution in [2.75, 3.05) is 6.61 Å². The fourth-order valence-electron chi connectivity index (χ4n) is 2.87. The summed E-state index contributed by atoms with van der Waals surface area (Å²) < 4.78 is 7.68. The van der Waals surface area contributed by atoms with Gasteiger partial charge in [-0.15, -0.1) is 0 Å². The van der Waals surface area contributed by atoms with Crippen molar-refractivity contribution in [1.82, 2.24) is 20.2 Å². The number of imidazole rings is 1. The van der Waals surface area contributed by atoms with Gasteiger partial charge in [-0.1, -0.05) is 30.3 Å². The third kappa shape index (κ3) is 3.53. The molecule has 1 aromatic carbocycles. The Balaban J connectivity index is 1.60. The Morgan fingerprint density at radius 1 is 1.39 bits per heavy atom. The number of urea groups is 1. The van der Waals surface area contributed by atoms with Crippen LogP contribution in [0.15, 0.2) is 42.7 Å². The fourth-order valence-corrected chi connectivity index (χ4v) is 2.87. The van der Waals surface area contributed by atoms with Crippen molar-refractivity contribution in [2.24, 2.45) is 7.05 Å². The lowest BCUT2D eigenvalue weighted by atomic mass is 10.1. The minimum atomic E-state index is -0.201. The number of aryl methyl sites for hydroxylation is 1. The SMILES string of the molecule is C[C@H](NC(=O)N[C@H]1CCO[C@@H]1c1nccn1C)c1ccccc1. The van der Waals surface area contributed by atoms with Crippen LogP contribution in [-0.2, 0) is 11.8 Å². The highest BCUT2D eigenvalue weighted by Gasteiger charge is 2.33. The maximum Gasteiger partial charge on any atom is 0.315 e. The smallest absolute Gasteiger partial charge is 0.315 e. The van der Waals surface area contributed by atoms with Gasteiger partial charge in [0.25, 0.3) is 0 Å². The Kier molecular flexibility index (Phi) is 4.62. The second-order valence-corrected chi connectivity index (χ2v) is 5.83. The van der Waals surface area contributed by atoms with E-state index in [1.54, 1.807) is 6.20 Å². The van der Waals surface area contributed by atoms with Gasteiger partial charge in [0.2, 0.25) is 0 Å². The Hall–Kier alpha value is -2.34. The van der Waals surface area contributed by atoms with Crippen molar-refractivity contribution in [2.45, 2.75) is 31.5 Å². The predicted octanol–water partition coefficient (Wildman–Crippen LogP) is 2.31. The molecule has 0 radical (unpaired) electrons. The van der Waals surface area contributed by atoms with Gasteiger partial charge in [-0.3, -0.25) is 0 Å². The van der Waals surface area contributed by atoms with Crippen LogP contribution < -0.4 is 10.6 Å². The third-order valence-electron chi connectivity index (χ3n) is 4.17. The van der Waals surface area contributed by atoms with Gasteiger partial charge in [-0.25, -0.2) is 9.78 Å². The largest absolute Gasteiger partial charge is 0.368 e. The molecule has 1 aromatic heterocycles. The van der Waals surface area contributed by atoms with Crippen LogP contribution in [-0.4, -0.2) is 28.2 Å². The normalized spacial score (nSPS) is 21.8. The summed E-state index contributed by atoms with van der Waals surface area (Å²) in [6, 6.07) is 9.59. The molecule has 0 bridgehead atoms. The summed E-state index contributed by atoms with van der Waals surface area (Å²) in [5.41, 5.74) is 1.07. The van der Waals surface area contributed by atoms with Gasteiger partial charge in [0, 0.05) is 26.0 Å². The molecule has 3 atom stereocenters. The van der Waals surface area contributed by atoms with Crippen LogP contribution in [0.2, 0.25) is 0 Å². The lowest BCUT2D eigenvalue weighted by molar-refractivity contribution is 0.0907. The van der Waals surface area contributed by atoms with Gasteiger partial charge >= 0.3 is 6.03 Å². The molecule has 3 rings (SSSR count). The molecule has 6 nitrogen and oxygen atoms in total. The number of nitrogens with one attached hydrogen (secondary N) is 2. The summed E-state index contributed by atoms with van der Waals surface area (Å²) in [4.78, 5) is 16.6. The van der Waals surface area contributed by atoms with Crippen LogP contribution >= 0.6 is 0 Å². The van der Waals surface area contributed by atoms with Crippen LogP contribution in [0.5, 0.6) is 0 Å².